The Kier molecular flexibility index (Phi) is 6.73. The van der Waals surface area contributed by atoms with Crippen LogP contribution < -0.4 is 0 Å². The Morgan fingerprint density at radius 3 is 1.70 bits per heavy atom. The molecule has 0 saturated carbocycles. The topological polar surface area (TPSA) is 56.5 Å². The molecule has 12 rings (SSSR count). The summed E-state index contributed by atoms with van der Waals surface area (Å²) in [6.07, 6.45) is 5.65. The van der Waals surface area contributed by atoms with Gasteiger partial charge in [0.25, 0.3) is 0 Å². The van der Waals surface area contributed by atoms with Crippen molar-refractivity contribution >= 4 is 85.6 Å². The summed E-state index contributed by atoms with van der Waals surface area (Å²) in [5.41, 5.74) is 7.13. The van der Waals surface area contributed by atoms with E-state index in [9.17, 15) is 0 Å². The summed E-state index contributed by atoms with van der Waals surface area (Å²) in [6.45, 7) is 0. The molecule has 0 amide bonds. The molecule has 8 aromatic carbocycles. The number of hydrogen-bond acceptors (Lipinski definition) is 5. The zero-order valence-electron chi connectivity index (χ0n) is 29.9. The van der Waals surface area contributed by atoms with Gasteiger partial charge in [0.15, 0.2) is 11.6 Å². The second-order valence-electron chi connectivity index (χ2n) is 14.2. The highest BCUT2D eigenvalue weighted by molar-refractivity contribution is 7.27. The monoisotopic (exact) mass is 731 g/mol. The molecule has 0 aliphatic carbocycles. The molecule has 0 atom stereocenters. The number of fused-ring (bicyclic) bond motifs is 15. The van der Waals surface area contributed by atoms with Crippen molar-refractivity contribution in [2.75, 3.05) is 0 Å². The van der Waals surface area contributed by atoms with Gasteiger partial charge in [0.05, 0.1) is 28.6 Å². The maximum atomic E-state index is 5.40. The van der Waals surface area contributed by atoms with E-state index in [0.29, 0.717) is 5.82 Å². The highest BCUT2D eigenvalue weighted by Crippen LogP contribution is 2.52. The molecule has 5 nitrogen and oxygen atoms in total. The number of rotatable bonds is 4. The molecular formula is C50H29N5S. The fourth-order valence-corrected chi connectivity index (χ4v) is 10.0. The number of thiophene rings is 1. The highest BCUT2D eigenvalue weighted by Gasteiger charge is 2.27. The molecule has 56 heavy (non-hydrogen) atoms. The summed E-state index contributed by atoms with van der Waals surface area (Å²) >= 11 is 1.86. The van der Waals surface area contributed by atoms with Gasteiger partial charge in [-0.05, 0) is 45.8 Å². The maximum absolute atomic E-state index is 5.40. The van der Waals surface area contributed by atoms with Crippen LogP contribution in [0, 0.1) is 0 Å². The van der Waals surface area contributed by atoms with Crippen LogP contribution >= 0.6 is 11.3 Å². The Labute approximate surface area is 324 Å². The number of benzene rings is 8. The minimum Gasteiger partial charge on any atom is -0.304 e. The molecule has 0 unspecified atom stereocenters. The molecular weight excluding hydrogens is 703 g/mol. The second kappa shape index (κ2) is 12.1. The fourth-order valence-electron chi connectivity index (χ4n) is 8.78. The van der Waals surface area contributed by atoms with Crippen molar-refractivity contribution in [3.63, 3.8) is 0 Å². The first-order valence-electron chi connectivity index (χ1n) is 18.7. The van der Waals surface area contributed by atoms with Gasteiger partial charge >= 0.3 is 0 Å². The lowest BCUT2D eigenvalue weighted by Crippen LogP contribution is -2.03. The van der Waals surface area contributed by atoms with Crippen molar-refractivity contribution in [1.82, 2.24) is 24.5 Å². The maximum Gasteiger partial charge on any atom is 0.159 e. The molecule has 0 aliphatic rings. The summed E-state index contributed by atoms with van der Waals surface area (Å²) in [5, 5.41) is 12.2. The van der Waals surface area contributed by atoms with E-state index < -0.39 is 0 Å². The van der Waals surface area contributed by atoms with Crippen LogP contribution in [0.2, 0.25) is 0 Å². The van der Waals surface area contributed by atoms with Crippen molar-refractivity contribution < 1.29 is 0 Å². The van der Waals surface area contributed by atoms with Gasteiger partial charge in [0.2, 0.25) is 0 Å². The van der Waals surface area contributed by atoms with Crippen LogP contribution in [0.5, 0.6) is 0 Å². The standard InChI is InChI=1S/C50H29N5S/c1-3-14-30(15-4-1)45-40(29-53-50(54-45)31-16-5-2-6-17-31)55-46-37-22-11-8-19-34(37)33-18-7-9-20-35(33)43(46)44-47(55)38-23-12-10-21-36(38)42-39-28-32(49-51-26-13-27-52-49)24-25-41(39)56-48(42)44/h1-29H. The number of hydrogen-bond donors (Lipinski definition) is 0. The van der Waals surface area contributed by atoms with E-state index >= 15 is 0 Å². The second-order valence-corrected chi connectivity index (χ2v) is 15.2. The molecule has 0 fully saturated rings. The molecule has 6 heteroatoms. The lowest BCUT2D eigenvalue weighted by molar-refractivity contribution is 1.09. The van der Waals surface area contributed by atoms with E-state index in [1.54, 1.807) is 12.4 Å². The Bertz CT molecular complexity index is 3520. The smallest absolute Gasteiger partial charge is 0.159 e. The molecule has 0 bridgehead atoms. The Hall–Kier alpha value is -7.28. The van der Waals surface area contributed by atoms with Gasteiger partial charge in [-0.3, -0.25) is 0 Å². The van der Waals surface area contributed by atoms with Crippen LogP contribution in [0.3, 0.4) is 0 Å². The lowest BCUT2D eigenvalue weighted by Gasteiger charge is -2.16. The summed E-state index contributed by atoms with van der Waals surface area (Å²) in [4.78, 5) is 19.7. The predicted molar refractivity (Wildman–Crippen MR) is 234 cm³/mol. The van der Waals surface area contributed by atoms with E-state index in [2.05, 4.69) is 148 Å². The van der Waals surface area contributed by atoms with Crippen molar-refractivity contribution in [1.29, 1.82) is 0 Å². The van der Waals surface area contributed by atoms with Crippen molar-refractivity contribution in [2.45, 2.75) is 0 Å². The van der Waals surface area contributed by atoms with E-state index in [4.69, 9.17) is 9.97 Å². The Balaban J connectivity index is 1.33. The molecule has 0 spiro atoms. The number of aromatic nitrogens is 5. The first-order chi connectivity index (χ1) is 27.8. The van der Waals surface area contributed by atoms with Crippen LogP contribution in [-0.2, 0) is 0 Å². The highest BCUT2D eigenvalue weighted by atomic mass is 32.1. The summed E-state index contributed by atoms with van der Waals surface area (Å²) in [6, 6.07) is 55.9. The lowest BCUT2D eigenvalue weighted by atomic mass is 9.95. The summed E-state index contributed by atoms with van der Waals surface area (Å²) < 4.78 is 4.96. The van der Waals surface area contributed by atoms with Crippen molar-refractivity contribution in [2.24, 2.45) is 0 Å². The molecule has 0 saturated heterocycles. The minimum absolute atomic E-state index is 0.694. The Morgan fingerprint density at radius 1 is 0.411 bits per heavy atom. The average Bonchev–Trinajstić information content (AvgIpc) is 3.84. The Morgan fingerprint density at radius 2 is 0.982 bits per heavy atom. The third-order valence-corrected chi connectivity index (χ3v) is 12.3. The summed E-state index contributed by atoms with van der Waals surface area (Å²) in [7, 11) is 0. The van der Waals surface area contributed by atoms with Gasteiger partial charge in [0, 0.05) is 70.8 Å². The van der Waals surface area contributed by atoms with Crippen LogP contribution in [0.4, 0.5) is 0 Å². The van der Waals surface area contributed by atoms with Crippen LogP contribution in [0.15, 0.2) is 176 Å². The third kappa shape index (κ3) is 4.48. The van der Waals surface area contributed by atoms with Crippen molar-refractivity contribution in [3.05, 3.63) is 176 Å². The first kappa shape index (κ1) is 31.1. The van der Waals surface area contributed by atoms with Crippen LogP contribution in [0.25, 0.3) is 114 Å². The number of nitrogens with zero attached hydrogens (tertiary/aromatic N) is 5. The molecule has 0 aliphatic heterocycles. The van der Waals surface area contributed by atoms with Gasteiger partial charge in [-0.1, -0.05) is 133 Å². The SMILES string of the molecule is c1ccc(-c2ncc(-n3c4c5ccccc5c5ccccc5c4c4c5sc6ccc(-c7ncccn7)cc6c5c5ccccc5c43)c(-c3ccccc3)n2)cc1. The molecule has 0 radical (unpaired) electrons. The quantitative estimate of drug-likeness (QED) is 0.169. The molecule has 4 heterocycles. The average molecular weight is 732 g/mol. The van der Waals surface area contributed by atoms with E-state index in [-0.39, 0.29) is 0 Å². The van der Waals surface area contributed by atoms with E-state index in [1.165, 1.54) is 63.3 Å². The predicted octanol–water partition coefficient (Wildman–Crippen LogP) is 13.2. The largest absolute Gasteiger partial charge is 0.304 e. The fraction of sp³-hybridized carbons (Fsp3) is 0. The molecule has 4 aromatic heterocycles. The first-order valence-corrected chi connectivity index (χ1v) is 19.5. The van der Waals surface area contributed by atoms with Gasteiger partial charge in [-0.25, -0.2) is 19.9 Å². The van der Waals surface area contributed by atoms with Gasteiger partial charge < -0.3 is 4.57 Å². The third-order valence-electron chi connectivity index (χ3n) is 11.1. The normalized spacial score (nSPS) is 11.9. The summed E-state index contributed by atoms with van der Waals surface area (Å²) in [5.74, 6) is 1.42. The van der Waals surface area contributed by atoms with E-state index in [1.807, 2.05) is 41.8 Å². The van der Waals surface area contributed by atoms with Gasteiger partial charge in [-0.15, -0.1) is 11.3 Å². The van der Waals surface area contributed by atoms with Gasteiger partial charge in [0.1, 0.15) is 0 Å². The van der Waals surface area contributed by atoms with Gasteiger partial charge in [-0.2, -0.15) is 0 Å². The van der Waals surface area contributed by atoms with Crippen molar-refractivity contribution in [3.8, 4) is 39.7 Å². The van der Waals surface area contributed by atoms with Crippen LogP contribution in [-0.4, -0.2) is 24.5 Å². The zero-order chi connectivity index (χ0) is 36.7. The molecule has 260 valence electrons. The molecule has 12 aromatic rings. The minimum atomic E-state index is 0.694. The van der Waals surface area contributed by atoms with Crippen LogP contribution in [0.1, 0.15) is 0 Å². The molecule has 0 N–H and O–H groups in total. The van der Waals surface area contributed by atoms with E-state index in [0.717, 1.165) is 44.9 Å². The zero-order valence-corrected chi connectivity index (χ0v) is 30.7.